The summed E-state index contributed by atoms with van der Waals surface area (Å²) in [7, 11) is 0. The van der Waals surface area contributed by atoms with E-state index in [0.29, 0.717) is 5.15 Å². The van der Waals surface area contributed by atoms with Crippen molar-refractivity contribution < 1.29 is 0 Å². The molecule has 0 amide bonds. The minimum atomic E-state index is 0.0300. The van der Waals surface area contributed by atoms with Gasteiger partial charge in [-0.2, -0.15) is 0 Å². The summed E-state index contributed by atoms with van der Waals surface area (Å²) in [6.45, 7) is 10.5. The molecule has 0 aliphatic heterocycles. The zero-order chi connectivity index (χ0) is 13.1. The van der Waals surface area contributed by atoms with Crippen molar-refractivity contribution in [3.05, 3.63) is 16.5 Å². The smallest absolute Gasteiger partial charge is 0.137 e. The molecule has 17 heavy (non-hydrogen) atoms. The van der Waals surface area contributed by atoms with Gasteiger partial charge in [-0.05, 0) is 27.2 Å². The van der Waals surface area contributed by atoms with Gasteiger partial charge in [0.15, 0.2) is 0 Å². The van der Waals surface area contributed by atoms with Gasteiger partial charge in [0.25, 0.3) is 0 Å². The van der Waals surface area contributed by atoms with Crippen molar-refractivity contribution in [2.24, 2.45) is 0 Å². The third-order valence-corrected chi connectivity index (χ3v) is 3.15. The van der Waals surface area contributed by atoms with E-state index in [9.17, 15) is 0 Å². The molecule has 0 spiro atoms. The quantitative estimate of drug-likeness (QED) is 0.809. The molecule has 0 radical (unpaired) electrons. The van der Waals surface area contributed by atoms with E-state index < -0.39 is 0 Å². The fourth-order valence-electron chi connectivity index (χ4n) is 1.82. The van der Waals surface area contributed by atoms with Crippen LogP contribution in [0.2, 0.25) is 5.15 Å². The van der Waals surface area contributed by atoms with E-state index in [2.05, 4.69) is 36.1 Å². The van der Waals surface area contributed by atoms with Crippen LogP contribution in [0, 0.1) is 6.92 Å². The number of hydrogen-bond acceptors (Lipinski definition) is 3. The highest BCUT2D eigenvalue weighted by atomic mass is 35.5. The van der Waals surface area contributed by atoms with E-state index in [1.807, 2.05) is 13.8 Å². The van der Waals surface area contributed by atoms with Crippen LogP contribution >= 0.6 is 11.6 Å². The molecule has 1 aromatic heterocycles. The van der Waals surface area contributed by atoms with Crippen molar-refractivity contribution in [3.8, 4) is 0 Å². The molecule has 1 aromatic rings. The lowest BCUT2D eigenvalue weighted by Gasteiger charge is -2.27. The summed E-state index contributed by atoms with van der Waals surface area (Å²) in [6.07, 6.45) is 3.02. The van der Waals surface area contributed by atoms with E-state index in [-0.39, 0.29) is 5.54 Å². The second-order valence-corrected chi connectivity index (χ2v) is 5.37. The molecule has 3 nitrogen and oxygen atoms in total. The number of aryl methyl sites for hydroxylation is 1. The monoisotopic (exact) mass is 255 g/mol. The Kier molecular flexibility index (Phi) is 4.75. The summed E-state index contributed by atoms with van der Waals surface area (Å²) in [5.74, 6) is 1.65. The largest absolute Gasteiger partial charge is 0.365 e. The Labute approximate surface area is 109 Å². The second kappa shape index (κ2) is 5.67. The maximum Gasteiger partial charge on any atom is 0.137 e. The van der Waals surface area contributed by atoms with Gasteiger partial charge in [0.1, 0.15) is 16.8 Å². The summed E-state index contributed by atoms with van der Waals surface area (Å²) >= 11 is 6.11. The van der Waals surface area contributed by atoms with Crippen LogP contribution < -0.4 is 5.32 Å². The lowest BCUT2D eigenvalue weighted by atomic mass is 9.99. The standard InChI is InChI=1S/C13H22ClN3/c1-6-8-13(4,5)17-12-9(3)11(14)15-10(7-2)16-12/h6-8H2,1-5H3,(H,15,16,17). The SMILES string of the molecule is CCCC(C)(C)Nc1nc(CC)nc(Cl)c1C. The normalized spacial score (nSPS) is 11.6. The fraction of sp³-hybridized carbons (Fsp3) is 0.692. The molecule has 1 rings (SSSR count). The molecule has 0 aromatic carbocycles. The molecule has 1 N–H and O–H groups in total. The van der Waals surface area contributed by atoms with Crippen LogP contribution in [-0.2, 0) is 6.42 Å². The summed E-state index contributed by atoms with van der Waals surface area (Å²) in [4.78, 5) is 8.75. The van der Waals surface area contributed by atoms with E-state index in [1.54, 1.807) is 0 Å². The molecule has 4 heteroatoms. The highest BCUT2D eigenvalue weighted by Gasteiger charge is 2.19. The molecule has 0 aliphatic carbocycles. The highest BCUT2D eigenvalue weighted by molar-refractivity contribution is 6.30. The molecule has 0 fully saturated rings. The molecule has 0 atom stereocenters. The Balaban J connectivity index is 3.01. The van der Waals surface area contributed by atoms with Gasteiger partial charge in [-0.1, -0.05) is 31.9 Å². The van der Waals surface area contributed by atoms with Crippen molar-refractivity contribution in [2.45, 2.75) is 59.4 Å². The first-order valence-corrected chi connectivity index (χ1v) is 6.58. The van der Waals surface area contributed by atoms with Crippen LogP contribution in [0.5, 0.6) is 0 Å². The Bertz CT molecular complexity index is 388. The minimum Gasteiger partial charge on any atom is -0.365 e. The average molecular weight is 256 g/mol. The lowest BCUT2D eigenvalue weighted by Crippen LogP contribution is -2.31. The van der Waals surface area contributed by atoms with Crippen molar-refractivity contribution in [2.75, 3.05) is 5.32 Å². The van der Waals surface area contributed by atoms with Crippen molar-refractivity contribution in [3.63, 3.8) is 0 Å². The zero-order valence-corrected chi connectivity index (χ0v) is 12.1. The Morgan fingerprint density at radius 1 is 1.24 bits per heavy atom. The predicted octanol–water partition coefficient (Wildman–Crippen LogP) is 3.99. The van der Waals surface area contributed by atoms with Crippen molar-refractivity contribution in [1.82, 2.24) is 9.97 Å². The summed E-state index contributed by atoms with van der Waals surface area (Å²) < 4.78 is 0. The van der Waals surface area contributed by atoms with Gasteiger partial charge in [0.2, 0.25) is 0 Å². The third kappa shape index (κ3) is 3.84. The van der Waals surface area contributed by atoms with Gasteiger partial charge in [-0.3, -0.25) is 0 Å². The Morgan fingerprint density at radius 3 is 2.41 bits per heavy atom. The first-order valence-electron chi connectivity index (χ1n) is 6.20. The predicted molar refractivity (Wildman–Crippen MR) is 73.8 cm³/mol. The van der Waals surface area contributed by atoms with Gasteiger partial charge in [-0.15, -0.1) is 0 Å². The van der Waals surface area contributed by atoms with Crippen molar-refractivity contribution in [1.29, 1.82) is 0 Å². The molecule has 0 bridgehead atoms. The van der Waals surface area contributed by atoms with Gasteiger partial charge in [0.05, 0.1) is 0 Å². The molecule has 0 saturated carbocycles. The first kappa shape index (κ1) is 14.2. The van der Waals surface area contributed by atoms with E-state index in [0.717, 1.165) is 36.5 Å². The average Bonchev–Trinajstić information content (AvgIpc) is 2.23. The number of nitrogens with one attached hydrogen (secondary N) is 1. The van der Waals surface area contributed by atoms with Gasteiger partial charge >= 0.3 is 0 Å². The number of anilines is 1. The van der Waals surface area contributed by atoms with Crippen LogP contribution in [0.4, 0.5) is 5.82 Å². The Morgan fingerprint density at radius 2 is 1.88 bits per heavy atom. The molecule has 0 unspecified atom stereocenters. The van der Waals surface area contributed by atoms with Gasteiger partial charge in [-0.25, -0.2) is 9.97 Å². The molecular weight excluding hydrogens is 234 g/mol. The molecule has 0 aliphatic rings. The lowest BCUT2D eigenvalue weighted by molar-refractivity contribution is 0.508. The van der Waals surface area contributed by atoms with Crippen LogP contribution in [0.3, 0.4) is 0 Å². The summed E-state index contributed by atoms with van der Waals surface area (Å²) in [5.41, 5.74) is 0.954. The number of rotatable bonds is 5. The molecule has 96 valence electrons. The number of halogens is 1. The summed E-state index contributed by atoms with van der Waals surface area (Å²) in [5, 5.41) is 4.02. The minimum absolute atomic E-state index is 0.0300. The number of hydrogen-bond donors (Lipinski definition) is 1. The van der Waals surface area contributed by atoms with E-state index >= 15 is 0 Å². The summed E-state index contributed by atoms with van der Waals surface area (Å²) in [6, 6.07) is 0. The second-order valence-electron chi connectivity index (χ2n) is 5.02. The van der Waals surface area contributed by atoms with Crippen molar-refractivity contribution >= 4 is 17.4 Å². The molecule has 1 heterocycles. The third-order valence-electron chi connectivity index (χ3n) is 2.78. The van der Waals surface area contributed by atoms with Gasteiger partial charge in [0, 0.05) is 17.5 Å². The van der Waals surface area contributed by atoms with Crippen LogP contribution in [0.1, 0.15) is 51.9 Å². The van der Waals surface area contributed by atoms with Crippen LogP contribution in [-0.4, -0.2) is 15.5 Å². The molecular formula is C13H22ClN3. The van der Waals surface area contributed by atoms with Crippen LogP contribution in [0.15, 0.2) is 0 Å². The van der Waals surface area contributed by atoms with Crippen LogP contribution in [0.25, 0.3) is 0 Å². The fourth-order valence-corrected chi connectivity index (χ4v) is 2.01. The number of nitrogens with zero attached hydrogens (tertiary/aromatic N) is 2. The number of aromatic nitrogens is 2. The first-order chi connectivity index (χ1) is 7.89. The Hall–Kier alpha value is -0.830. The zero-order valence-electron chi connectivity index (χ0n) is 11.4. The maximum atomic E-state index is 6.11. The van der Waals surface area contributed by atoms with E-state index in [4.69, 9.17) is 11.6 Å². The maximum absolute atomic E-state index is 6.11. The van der Waals surface area contributed by atoms with Gasteiger partial charge < -0.3 is 5.32 Å². The molecule has 0 saturated heterocycles. The highest BCUT2D eigenvalue weighted by Crippen LogP contribution is 2.24. The topological polar surface area (TPSA) is 37.8 Å². The van der Waals surface area contributed by atoms with E-state index in [1.165, 1.54) is 0 Å².